The van der Waals surface area contributed by atoms with Crippen LogP contribution in [0, 0.1) is 6.08 Å². The molecule has 0 nitrogen and oxygen atoms in total. The quantitative estimate of drug-likeness (QED) is 0.714. The fraction of sp³-hybridized carbons (Fsp3) is 0.273. The summed E-state index contributed by atoms with van der Waals surface area (Å²) in [4.78, 5) is 0. The molecule has 1 aromatic carbocycles. The fourth-order valence-electron chi connectivity index (χ4n) is 1.11. The van der Waals surface area contributed by atoms with Gasteiger partial charge in [-0.3, -0.25) is 0 Å². The molecule has 0 aliphatic carbocycles. The minimum Gasteiger partial charge on any atom is -0.0906 e. The Hall–Kier alpha value is -0.560. The van der Waals surface area contributed by atoms with Gasteiger partial charge in [0, 0.05) is 4.47 Å². The first kappa shape index (κ1) is 9.53. The van der Waals surface area contributed by atoms with Gasteiger partial charge >= 0.3 is 0 Å². The van der Waals surface area contributed by atoms with E-state index >= 15 is 0 Å². The molecule has 0 bridgehead atoms. The lowest BCUT2D eigenvalue weighted by Crippen LogP contribution is -1.89. The number of hydrogen-bond donors (Lipinski definition) is 0. The van der Waals surface area contributed by atoms with E-state index in [1.165, 1.54) is 5.56 Å². The molecule has 12 heavy (non-hydrogen) atoms. The van der Waals surface area contributed by atoms with Crippen LogP contribution in [0.25, 0.3) is 0 Å². The maximum Gasteiger partial charge on any atom is 0.0216 e. The lowest BCUT2D eigenvalue weighted by Gasteiger charge is -2.08. The van der Waals surface area contributed by atoms with E-state index in [1.54, 1.807) is 0 Å². The average Bonchev–Trinajstić information content (AvgIpc) is 2.03. The van der Waals surface area contributed by atoms with E-state index in [4.69, 9.17) is 0 Å². The van der Waals surface area contributed by atoms with Crippen molar-refractivity contribution in [1.29, 1.82) is 0 Å². The molecule has 1 radical (unpaired) electrons. The van der Waals surface area contributed by atoms with Gasteiger partial charge in [-0.25, -0.2) is 0 Å². The van der Waals surface area contributed by atoms with Gasteiger partial charge in [-0.1, -0.05) is 48.5 Å². The Morgan fingerprint density at radius 1 is 1.42 bits per heavy atom. The Morgan fingerprint density at radius 3 is 2.50 bits per heavy atom. The minimum atomic E-state index is 0.554. The first-order valence-electron chi connectivity index (χ1n) is 3.97. The van der Waals surface area contributed by atoms with Crippen molar-refractivity contribution in [3.05, 3.63) is 46.5 Å². The summed E-state index contributed by atoms with van der Waals surface area (Å²) in [5.41, 5.74) is 2.36. The standard InChI is InChI=1S/C11H12Br/c1-4-9-5-6-10(8(2)3)11(12)7-9/h5-8H,1H2,2-3H3. The second-order valence-corrected chi connectivity index (χ2v) is 3.92. The van der Waals surface area contributed by atoms with Crippen LogP contribution in [-0.2, 0) is 0 Å². The molecule has 0 aliphatic rings. The molecule has 0 unspecified atom stereocenters. The fourth-order valence-corrected chi connectivity index (χ4v) is 1.94. The van der Waals surface area contributed by atoms with E-state index in [0.29, 0.717) is 5.92 Å². The van der Waals surface area contributed by atoms with Gasteiger partial charge < -0.3 is 0 Å². The van der Waals surface area contributed by atoms with Crippen LogP contribution in [0.1, 0.15) is 30.9 Å². The maximum atomic E-state index is 3.60. The highest BCUT2D eigenvalue weighted by Crippen LogP contribution is 2.25. The Labute approximate surface area is 82.4 Å². The van der Waals surface area contributed by atoms with E-state index in [2.05, 4.69) is 48.5 Å². The zero-order valence-electron chi connectivity index (χ0n) is 7.39. The van der Waals surface area contributed by atoms with Crippen molar-refractivity contribution in [2.45, 2.75) is 19.8 Å². The van der Waals surface area contributed by atoms with E-state index in [-0.39, 0.29) is 0 Å². The summed E-state index contributed by atoms with van der Waals surface area (Å²) < 4.78 is 1.14. The molecule has 0 aromatic heterocycles. The maximum absolute atomic E-state index is 3.60. The molecule has 1 heteroatoms. The van der Waals surface area contributed by atoms with Crippen molar-refractivity contribution < 1.29 is 0 Å². The summed E-state index contributed by atoms with van der Waals surface area (Å²) in [6.07, 6.45) is 2.85. The normalized spacial score (nSPS) is 10.3. The third-order valence-electron chi connectivity index (χ3n) is 1.83. The Balaban J connectivity index is 3.11. The van der Waals surface area contributed by atoms with E-state index in [1.807, 2.05) is 12.1 Å². The highest BCUT2D eigenvalue weighted by molar-refractivity contribution is 9.10. The monoisotopic (exact) mass is 223 g/mol. The first-order chi connectivity index (χ1) is 5.65. The SMILES string of the molecule is C=[C]c1ccc(C(C)C)c(Br)c1. The summed E-state index contributed by atoms with van der Waals surface area (Å²) in [7, 11) is 0. The summed E-state index contributed by atoms with van der Waals surface area (Å²) in [5, 5.41) is 0. The molecule has 0 fully saturated rings. The largest absolute Gasteiger partial charge is 0.0906 e. The zero-order valence-corrected chi connectivity index (χ0v) is 8.98. The van der Waals surface area contributed by atoms with Crippen LogP contribution >= 0.6 is 15.9 Å². The van der Waals surface area contributed by atoms with Crippen LogP contribution in [0.2, 0.25) is 0 Å². The third-order valence-corrected chi connectivity index (χ3v) is 2.51. The van der Waals surface area contributed by atoms with Gasteiger partial charge in [0.15, 0.2) is 0 Å². The number of rotatable bonds is 2. The van der Waals surface area contributed by atoms with Crippen molar-refractivity contribution in [2.75, 3.05) is 0 Å². The molecule has 0 amide bonds. The van der Waals surface area contributed by atoms with Crippen LogP contribution in [0.5, 0.6) is 0 Å². The zero-order chi connectivity index (χ0) is 9.14. The summed E-state index contributed by atoms with van der Waals surface area (Å²) in [5.74, 6) is 0.554. The van der Waals surface area contributed by atoms with Crippen LogP contribution in [-0.4, -0.2) is 0 Å². The van der Waals surface area contributed by atoms with Crippen molar-refractivity contribution in [1.82, 2.24) is 0 Å². The molecule has 63 valence electrons. The van der Waals surface area contributed by atoms with Crippen molar-refractivity contribution in [3.63, 3.8) is 0 Å². The molecule has 0 N–H and O–H groups in total. The first-order valence-corrected chi connectivity index (χ1v) is 4.77. The van der Waals surface area contributed by atoms with Gasteiger partial charge in [0.1, 0.15) is 0 Å². The lowest BCUT2D eigenvalue weighted by molar-refractivity contribution is 0.860. The summed E-state index contributed by atoms with van der Waals surface area (Å²) in [6, 6.07) is 6.19. The Kier molecular flexibility index (Phi) is 3.10. The number of hydrogen-bond acceptors (Lipinski definition) is 0. The predicted molar refractivity (Wildman–Crippen MR) is 56.2 cm³/mol. The van der Waals surface area contributed by atoms with E-state index in [9.17, 15) is 0 Å². The van der Waals surface area contributed by atoms with Gasteiger partial charge in [-0.15, -0.1) is 0 Å². The van der Waals surface area contributed by atoms with Crippen molar-refractivity contribution in [2.24, 2.45) is 0 Å². The van der Waals surface area contributed by atoms with Gasteiger partial charge in [0.05, 0.1) is 0 Å². The lowest BCUT2D eigenvalue weighted by atomic mass is 10.0. The number of benzene rings is 1. The topological polar surface area (TPSA) is 0 Å². The molecule has 0 heterocycles. The van der Waals surface area contributed by atoms with Crippen LogP contribution in [0.15, 0.2) is 29.3 Å². The molecule has 1 aromatic rings. The average molecular weight is 224 g/mol. The second kappa shape index (κ2) is 3.90. The smallest absolute Gasteiger partial charge is 0.0216 e. The molecule has 0 saturated heterocycles. The molecule has 1 rings (SSSR count). The van der Waals surface area contributed by atoms with Gasteiger partial charge in [0.2, 0.25) is 0 Å². The highest BCUT2D eigenvalue weighted by atomic mass is 79.9. The second-order valence-electron chi connectivity index (χ2n) is 3.07. The van der Waals surface area contributed by atoms with Crippen molar-refractivity contribution >= 4 is 15.9 Å². The Bertz CT molecular complexity index is 287. The molecule has 0 saturated carbocycles. The molecule has 0 aliphatic heterocycles. The highest BCUT2D eigenvalue weighted by Gasteiger charge is 2.03. The van der Waals surface area contributed by atoms with E-state index < -0.39 is 0 Å². The van der Waals surface area contributed by atoms with Gasteiger partial charge in [-0.2, -0.15) is 0 Å². The van der Waals surface area contributed by atoms with Crippen molar-refractivity contribution in [3.8, 4) is 0 Å². The third kappa shape index (κ3) is 1.98. The van der Waals surface area contributed by atoms with Crippen LogP contribution in [0.3, 0.4) is 0 Å². The summed E-state index contributed by atoms with van der Waals surface area (Å²) in [6.45, 7) is 7.96. The van der Waals surface area contributed by atoms with Gasteiger partial charge in [-0.05, 0) is 29.2 Å². The van der Waals surface area contributed by atoms with Crippen LogP contribution < -0.4 is 0 Å². The summed E-state index contributed by atoms with van der Waals surface area (Å²) >= 11 is 3.52. The van der Waals surface area contributed by atoms with Gasteiger partial charge in [0.25, 0.3) is 0 Å². The molecule has 0 spiro atoms. The van der Waals surface area contributed by atoms with E-state index in [0.717, 1.165) is 10.0 Å². The number of halogens is 1. The molecule has 0 atom stereocenters. The molecular weight excluding hydrogens is 212 g/mol. The van der Waals surface area contributed by atoms with Crippen LogP contribution in [0.4, 0.5) is 0 Å². The molecular formula is C11H12Br. The predicted octanol–water partition coefficient (Wildman–Crippen LogP) is 3.91. The Morgan fingerprint density at radius 2 is 2.08 bits per heavy atom. The minimum absolute atomic E-state index is 0.554.